The summed E-state index contributed by atoms with van der Waals surface area (Å²) < 4.78 is 70.6. The van der Waals surface area contributed by atoms with Crippen LogP contribution in [-0.2, 0) is 45.2 Å². The van der Waals surface area contributed by atoms with Crippen LogP contribution in [0.2, 0.25) is 18.1 Å². The van der Waals surface area contributed by atoms with Crippen LogP contribution in [0.25, 0.3) is 0 Å². The van der Waals surface area contributed by atoms with Crippen LogP contribution in [-0.4, -0.2) is 65.0 Å². The number of esters is 2. The molecule has 0 saturated carbocycles. The molecule has 3 atom stereocenters. The highest BCUT2D eigenvalue weighted by atomic mass is 28.4. The molecule has 0 bridgehead atoms. The summed E-state index contributed by atoms with van der Waals surface area (Å²) in [4.78, 5) is 39.5. The zero-order chi connectivity index (χ0) is 32.5. The fourth-order valence-corrected chi connectivity index (χ4v) is 4.75. The molecule has 238 valence electrons. The van der Waals surface area contributed by atoms with Crippen LogP contribution < -0.4 is 5.32 Å². The Morgan fingerprint density at radius 3 is 1.95 bits per heavy atom. The predicted octanol–water partition coefficient (Wildman–Crippen LogP) is 5.88. The lowest BCUT2D eigenvalue weighted by atomic mass is 9.92. The van der Waals surface area contributed by atoms with Gasteiger partial charge in [-0.25, -0.2) is 14.4 Å². The van der Waals surface area contributed by atoms with Gasteiger partial charge >= 0.3 is 24.2 Å². The van der Waals surface area contributed by atoms with E-state index < -0.39 is 62.4 Å². The Kier molecular flexibility index (Phi) is 12.3. The van der Waals surface area contributed by atoms with E-state index in [1.54, 1.807) is 30.3 Å². The van der Waals surface area contributed by atoms with Gasteiger partial charge in [-0.15, -0.1) is 0 Å². The normalized spacial score (nSPS) is 15.0. The number of amides is 1. The first-order valence-corrected chi connectivity index (χ1v) is 16.6. The number of methoxy groups -OCH3 is 1. The number of nitrogens with one attached hydrogen (secondary N) is 1. The van der Waals surface area contributed by atoms with Gasteiger partial charge in [0, 0.05) is 12.7 Å². The van der Waals surface area contributed by atoms with E-state index in [-0.39, 0.29) is 18.3 Å². The van der Waals surface area contributed by atoms with E-state index in [2.05, 4.69) is 5.32 Å². The maximum atomic E-state index is 14.6. The lowest BCUT2D eigenvalue weighted by Gasteiger charge is -2.39. The van der Waals surface area contributed by atoms with Gasteiger partial charge in [-0.1, -0.05) is 81.4 Å². The van der Waals surface area contributed by atoms with Crippen molar-refractivity contribution in [1.29, 1.82) is 0 Å². The molecule has 0 radical (unpaired) electrons. The molecule has 43 heavy (non-hydrogen) atoms. The molecule has 0 heterocycles. The molecule has 0 spiro atoms. The topological polar surface area (TPSA) is 109 Å². The average molecular weight is 628 g/mol. The molecule has 0 saturated heterocycles. The van der Waals surface area contributed by atoms with Gasteiger partial charge < -0.3 is 28.7 Å². The average Bonchev–Trinajstić information content (AvgIpc) is 2.93. The van der Waals surface area contributed by atoms with E-state index >= 15 is 0 Å². The number of halogens is 3. The number of carbonyl (C=O) groups excluding carboxylic acids is 3. The molecular formula is C30H40F3NO8Si. The lowest BCUT2D eigenvalue weighted by Crippen LogP contribution is -2.58. The molecular weight excluding hydrogens is 587 g/mol. The van der Waals surface area contributed by atoms with Crippen LogP contribution in [0, 0.1) is 0 Å². The lowest BCUT2D eigenvalue weighted by molar-refractivity contribution is -0.279. The second-order valence-corrected chi connectivity index (χ2v) is 16.0. The van der Waals surface area contributed by atoms with Crippen molar-refractivity contribution >= 4 is 26.3 Å². The summed E-state index contributed by atoms with van der Waals surface area (Å²) >= 11 is 0. The minimum absolute atomic E-state index is 0.131. The highest BCUT2D eigenvalue weighted by Crippen LogP contribution is 2.43. The summed E-state index contributed by atoms with van der Waals surface area (Å²) in [6, 6.07) is 13.1. The molecule has 0 aliphatic rings. The quantitative estimate of drug-likeness (QED) is 0.167. The number of alkyl halides is 3. The first kappa shape index (κ1) is 35.8. The smallest absolute Gasteiger partial charge is 0.432 e. The molecule has 0 fully saturated rings. The van der Waals surface area contributed by atoms with Crippen molar-refractivity contribution in [1.82, 2.24) is 5.32 Å². The SMILES string of the molecule is CCOC(=O)[C@H](NC(=O)OCc1ccccc1)[C@H](CO[Si](C)(C)C(C)(C)C)OC(=O)[C@@](OC)(c1ccccc1)C(F)(F)F. The first-order valence-electron chi connectivity index (χ1n) is 13.7. The van der Waals surface area contributed by atoms with Crippen LogP contribution in [0.1, 0.15) is 38.8 Å². The third-order valence-electron chi connectivity index (χ3n) is 7.24. The summed E-state index contributed by atoms with van der Waals surface area (Å²) in [6.07, 6.45) is -8.12. The van der Waals surface area contributed by atoms with Gasteiger partial charge in [0.05, 0.1) is 13.2 Å². The summed E-state index contributed by atoms with van der Waals surface area (Å²) in [6.45, 7) is 10.2. The maximum absolute atomic E-state index is 14.6. The van der Waals surface area contributed by atoms with E-state index in [9.17, 15) is 27.6 Å². The van der Waals surface area contributed by atoms with Gasteiger partial charge in [-0.2, -0.15) is 13.2 Å². The summed E-state index contributed by atoms with van der Waals surface area (Å²) in [5.74, 6) is -2.92. The Morgan fingerprint density at radius 2 is 1.47 bits per heavy atom. The number of hydrogen-bond donors (Lipinski definition) is 1. The highest BCUT2D eigenvalue weighted by Gasteiger charge is 2.64. The number of benzene rings is 2. The number of alkyl carbamates (subject to hydrolysis) is 1. The van der Waals surface area contributed by atoms with E-state index in [1.807, 2.05) is 33.9 Å². The maximum Gasteiger partial charge on any atom is 0.432 e. The molecule has 0 aromatic heterocycles. The zero-order valence-corrected chi connectivity index (χ0v) is 26.4. The Morgan fingerprint density at radius 1 is 0.907 bits per heavy atom. The van der Waals surface area contributed by atoms with Crippen LogP contribution >= 0.6 is 0 Å². The number of rotatable bonds is 13. The van der Waals surface area contributed by atoms with Gasteiger partial charge in [0.2, 0.25) is 0 Å². The second kappa shape index (κ2) is 14.8. The minimum Gasteiger partial charge on any atom is -0.464 e. The zero-order valence-electron chi connectivity index (χ0n) is 25.4. The molecule has 9 nitrogen and oxygen atoms in total. The van der Waals surface area contributed by atoms with E-state index in [1.165, 1.54) is 25.1 Å². The van der Waals surface area contributed by atoms with Gasteiger partial charge in [-0.3, -0.25) is 0 Å². The molecule has 1 amide bonds. The van der Waals surface area contributed by atoms with Gasteiger partial charge in [0.1, 0.15) is 6.61 Å². The van der Waals surface area contributed by atoms with Crippen molar-refractivity contribution in [3.8, 4) is 0 Å². The minimum atomic E-state index is -5.27. The summed E-state index contributed by atoms with van der Waals surface area (Å²) in [5.41, 5.74) is -3.44. The van der Waals surface area contributed by atoms with Crippen molar-refractivity contribution in [2.45, 2.75) is 76.4 Å². The number of carbonyl (C=O) groups is 3. The van der Waals surface area contributed by atoms with Gasteiger partial charge in [0.25, 0.3) is 5.60 Å². The molecule has 2 aromatic carbocycles. The molecule has 1 N–H and O–H groups in total. The Hall–Kier alpha value is -3.42. The first-order chi connectivity index (χ1) is 20.0. The summed E-state index contributed by atoms with van der Waals surface area (Å²) in [5, 5.41) is 1.95. The predicted molar refractivity (Wildman–Crippen MR) is 154 cm³/mol. The second-order valence-electron chi connectivity index (χ2n) is 11.2. The van der Waals surface area contributed by atoms with Crippen molar-refractivity contribution in [3.05, 3.63) is 71.8 Å². The number of hydrogen-bond acceptors (Lipinski definition) is 8. The molecule has 0 aliphatic carbocycles. The molecule has 2 rings (SSSR count). The van der Waals surface area contributed by atoms with Crippen LogP contribution in [0.4, 0.5) is 18.0 Å². The Bertz CT molecular complexity index is 1210. The standard InChI is InChI=1S/C30H40F3NO8Si/c1-8-39-25(35)24(34-27(37)40-19-21-15-11-9-12-16-21)23(20-41-43(6,7)28(2,3)4)42-26(36)29(38-5,30(31,32)33)22-17-13-10-14-18-22/h9-18,23-24H,8,19-20H2,1-7H3,(H,34,37)/t23-,24+,29-/m0/s1. The summed E-state index contributed by atoms with van der Waals surface area (Å²) in [7, 11) is -1.89. The van der Waals surface area contributed by atoms with Gasteiger partial charge in [0.15, 0.2) is 20.5 Å². The molecule has 13 heteroatoms. The van der Waals surface area contributed by atoms with Crippen molar-refractivity contribution < 1.29 is 50.9 Å². The monoisotopic (exact) mass is 627 g/mol. The highest BCUT2D eigenvalue weighted by molar-refractivity contribution is 6.74. The van der Waals surface area contributed by atoms with Gasteiger partial charge in [-0.05, 0) is 30.6 Å². The third-order valence-corrected chi connectivity index (χ3v) is 11.7. The van der Waals surface area contributed by atoms with E-state index in [4.69, 9.17) is 23.4 Å². The van der Waals surface area contributed by atoms with Crippen molar-refractivity contribution in [2.75, 3.05) is 20.3 Å². The molecule has 2 aromatic rings. The van der Waals surface area contributed by atoms with Crippen LogP contribution in [0.3, 0.4) is 0 Å². The fraction of sp³-hybridized carbons (Fsp3) is 0.500. The van der Waals surface area contributed by atoms with E-state index in [0.717, 1.165) is 19.2 Å². The van der Waals surface area contributed by atoms with Crippen LogP contribution in [0.5, 0.6) is 0 Å². The third kappa shape index (κ3) is 9.04. The van der Waals surface area contributed by atoms with Crippen molar-refractivity contribution in [2.24, 2.45) is 0 Å². The van der Waals surface area contributed by atoms with Crippen LogP contribution in [0.15, 0.2) is 60.7 Å². The molecule has 0 aliphatic heterocycles. The Labute approximate surface area is 251 Å². The molecule has 0 unspecified atom stereocenters. The largest absolute Gasteiger partial charge is 0.464 e. The Balaban J connectivity index is 2.51. The fourth-order valence-electron chi connectivity index (χ4n) is 3.74. The van der Waals surface area contributed by atoms with E-state index in [0.29, 0.717) is 5.56 Å². The number of ether oxygens (including phenoxy) is 4. The van der Waals surface area contributed by atoms with Crippen molar-refractivity contribution in [3.63, 3.8) is 0 Å².